The van der Waals surface area contributed by atoms with E-state index in [9.17, 15) is 23.4 Å². The van der Waals surface area contributed by atoms with Crippen LogP contribution in [0, 0.1) is 0 Å². The quantitative estimate of drug-likeness (QED) is 0.141. The van der Waals surface area contributed by atoms with Crippen LogP contribution < -0.4 is 14.4 Å². The average Bonchev–Trinajstić information content (AvgIpc) is 3.02. The van der Waals surface area contributed by atoms with E-state index >= 15 is 0 Å². The van der Waals surface area contributed by atoms with Gasteiger partial charge in [0.1, 0.15) is 18.1 Å². The number of nitrogens with zero attached hydrogens (tertiary/aromatic N) is 1. The van der Waals surface area contributed by atoms with Gasteiger partial charge in [0.2, 0.25) is 0 Å². The van der Waals surface area contributed by atoms with Crippen LogP contribution in [0.3, 0.4) is 0 Å². The molecule has 0 aliphatic heterocycles. The minimum atomic E-state index is -3.97. The zero-order valence-electron chi connectivity index (χ0n) is 23.7. The normalized spacial score (nSPS) is 14.0. The van der Waals surface area contributed by atoms with Crippen LogP contribution in [0.15, 0.2) is 83.8 Å². The second kappa shape index (κ2) is 13.6. The molecular weight excluding hydrogens is 588 g/mol. The lowest BCUT2D eigenvalue weighted by Gasteiger charge is -2.27. The Morgan fingerprint density at radius 1 is 0.930 bits per heavy atom. The van der Waals surface area contributed by atoms with Crippen LogP contribution in [-0.4, -0.2) is 44.3 Å². The lowest BCUT2D eigenvalue weighted by molar-refractivity contribution is -0.136. The Balaban J connectivity index is 1.44. The molecule has 0 atom stereocenters. The van der Waals surface area contributed by atoms with Crippen molar-refractivity contribution < 1.29 is 28.2 Å². The second-order valence-corrected chi connectivity index (χ2v) is 12.9. The number of aliphatic carboxylic acids is 1. The van der Waals surface area contributed by atoms with Gasteiger partial charge in [0.05, 0.1) is 29.2 Å². The Kier molecular flexibility index (Phi) is 9.62. The molecule has 1 saturated carbocycles. The number of anilines is 2. The topological polar surface area (TPSA) is 116 Å². The van der Waals surface area contributed by atoms with Crippen LogP contribution in [0.5, 0.6) is 11.5 Å². The Morgan fingerprint density at radius 3 is 2.28 bits per heavy atom. The number of phenolic OH excluding ortho intramolecular Hbond substituents is 1. The number of aromatic hydroxyl groups is 1. The molecule has 0 unspecified atom stereocenters. The highest BCUT2D eigenvalue weighted by atomic mass is 35.5. The average molecular weight is 623 g/mol. The molecule has 0 amide bonds. The van der Waals surface area contributed by atoms with Gasteiger partial charge in [-0.1, -0.05) is 67.3 Å². The number of hydrogen-bond donors (Lipinski definition) is 3. The van der Waals surface area contributed by atoms with Crippen molar-refractivity contribution in [1.29, 1.82) is 0 Å². The predicted octanol–water partition coefficient (Wildman–Crippen LogP) is 7.41. The molecule has 1 fully saturated rings. The van der Waals surface area contributed by atoms with Crippen molar-refractivity contribution >= 4 is 49.7 Å². The second-order valence-electron chi connectivity index (χ2n) is 10.8. The van der Waals surface area contributed by atoms with E-state index in [1.165, 1.54) is 19.3 Å². The van der Waals surface area contributed by atoms with Gasteiger partial charge in [-0.05, 0) is 66.8 Å². The van der Waals surface area contributed by atoms with Gasteiger partial charge in [-0.2, -0.15) is 0 Å². The number of ether oxygens (including phenoxy) is 1. The van der Waals surface area contributed by atoms with Gasteiger partial charge < -0.3 is 19.8 Å². The van der Waals surface area contributed by atoms with Crippen molar-refractivity contribution in [1.82, 2.24) is 0 Å². The van der Waals surface area contributed by atoms with Crippen LogP contribution in [0.25, 0.3) is 10.8 Å². The first-order valence-electron chi connectivity index (χ1n) is 14.4. The fourth-order valence-corrected chi connectivity index (χ4v) is 6.81. The summed E-state index contributed by atoms with van der Waals surface area (Å²) in [5.74, 6) is -0.0236. The Hall–Kier alpha value is -3.95. The van der Waals surface area contributed by atoms with Crippen LogP contribution in [0.2, 0.25) is 5.02 Å². The molecule has 3 N–H and O–H groups in total. The summed E-state index contributed by atoms with van der Waals surface area (Å²) in [5, 5.41) is 22.2. The maximum Gasteiger partial charge on any atom is 0.305 e. The zero-order chi connectivity index (χ0) is 30.4. The molecule has 5 rings (SSSR count). The van der Waals surface area contributed by atoms with Gasteiger partial charge in [-0.25, -0.2) is 8.42 Å². The maximum atomic E-state index is 13.6. The Labute approximate surface area is 256 Å². The van der Waals surface area contributed by atoms with Crippen LogP contribution in [0.4, 0.5) is 11.4 Å². The first kappa shape index (κ1) is 30.5. The van der Waals surface area contributed by atoms with Gasteiger partial charge in [0, 0.05) is 22.3 Å². The van der Waals surface area contributed by atoms with E-state index < -0.39 is 16.0 Å². The van der Waals surface area contributed by atoms with Crippen molar-refractivity contribution in [3.05, 3.63) is 89.4 Å². The molecule has 226 valence electrons. The SMILES string of the molecule is O=C(O)CCN(CCOc1ccc(Cl)cc1)c1cc(NS(=O)(=O)c2ccc(C3CCCCC3)cc2)c2ccccc2c1O. The number of rotatable bonds is 12. The number of carboxylic acid groups (broad SMARTS) is 1. The number of sulfonamides is 1. The molecular formula is C33H35ClN2O6S. The molecule has 4 aromatic carbocycles. The summed E-state index contributed by atoms with van der Waals surface area (Å²) in [5.41, 5.74) is 1.73. The van der Waals surface area contributed by atoms with Gasteiger partial charge in [0.15, 0.2) is 0 Å². The Morgan fingerprint density at radius 2 is 1.60 bits per heavy atom. The minimum absolute atomic E-state index is 0.0695. The number of fused-ring (bicyclic) bond motifs is 1. The predicted molar refractivity (Wildman–Crippen MR) is 170 cm³/mol. The smallest absolute Gasteiger partial charge is 0.305 e. The highest BCUT2D eigenvalue weighted by Gasteiger charge is 2.22. The Bertz CT molecular complexity index is 1670. The summed E-state index contributed by atoms with van der Waals surface area (Å²) < 4.78 is 35.7. The van der Waals surface area contributed by atoms with Crippen molar-refractivity contribution in [3.63, 3.8) is 0 Å². The van der Waals surface area contributed by atoms with Gasteiger partial charge in [-0.15, -0.1) is 0 Å². The number of carbonyl (C=O) groups is 1. The number of halogens is 1. The van der Waals surface area contributed by atoms with E-state index in [0.29, 0.717) is 33.1 Å². The monoisotopic (exact) mass is 622 g/mol. The standard InChI is InChI=1S/C33H35ClN2O6S/c34-25-12-14-26(15-13-25)42-21-20-36(19-18-32(37)38)31-22-30(28-8-4-5-9-29(28)33(31)39)35-43(40,41)27-16-10-24(11-17-27)23-6-2-1-3-7-23/h4-5,8-17,22-23,35,39H,1-3,6-7,18-21H2,(H,37,38). The first-order chi connectivity index (χ1) is 20.7. The molecule has 1 aliphatic rings. The van der Waals surface area contributed by atoms with E-state index in [0.717, 1.165) is 18.4 Å². The molecule has 0 aromatic heterocycles. The fraction of sp³-hybridized carbons (Fsp3) is 0.303. The van der Waals surface area contributed by atoms with Gasteiger partial charge >= 0.3 is 5.97 Å². The third-order valence-corrected chi connectivity index (χ3v) is 9.52. The van der Waals surface area contributed by atoms with E-state index in [-0.39, 0.29) is 42.4 Å². The highest BCUT2D eigenvalue weighted by molar-refractivity contribution is 7.92. The van der Waals surface area contributed by atoms with E-state index in [2.05, 4.69) is 4.72 Å². The largest absolute Gasteiger partial charge is 0.505 e. The summed E-state index contributed by atoms with van der Waals surface area (Å²) >= 11 is 5.96. The molecule has 0 spiro atoms. The number of phenols is 1. The molecule has 0 heterocycles. The molecule has 1 aliphatic carbocycles. The summed E-state index contributed by atoms with van der Waals surface area (Å²) in [6, 6.07) is 22.4. The lowest BCUT2D eigenvalue weighted by Crippen LogP contribution is -2.31. The van der Waals surface area contributed by atoms with Crippen LogP contribution in [-0.2, 0) is 14.8 Å². The number of carboxylic acids is 1. The molecule has 10 heteroatoms. The molecule has 0 bridgehead atoms. The van der Waals surface area contributed by atoms with Gasteiger partial charge in [0.25, 0.3) is 10.0 Å². The molecule has 4 aromatic rings. The van der Waals surface area contributed by atoms with Crippen LogP contribution >= 0.6 is 11.6 Å². The van der Waals surface area contributed by atoms with Crippen molar-refractivity contribution in [3.8, 4) is 11.5 Å². The molecule has 8 nitrogen and oxygen atoms in total. The minimum Gasteiger partial charge on any atom is -0.505 e. The summed E-state index contributed by atoms with van der Waals surface area (Å²) in [6.45, 7) is 0.485. The summed E-state index contributed by atoms with van der Waals surface area (Å²) in [4.78, 5) is 13.3. The summed E-state index contributed by atoms with van der Waals surface area (Å²) in [6.07, 6.45) is 5.68. The number of nitrogens with one attached hydrogen (secondary N) is 1. The van der Waals surface area contributed by atoms with E-state index in [1.807, 2.05) is 12.1 Å². The first-order valence-corrected chi connectivity index (χ1v) is 16.3. The molecule has 0 saturated heterocycles. The number of benzene rings is 4. The van der Waals surface area contributed by atoms with Crippen molar-refractivity contribution in [2.45, 2.75) is 49.3 Å². The van der Waals surface area contributed by atoms with E-state index in [4.69, 9.17) is 16.3 Å². The molecule has 43 heavy (non-hydrogen) atoms. The molecule has 0 radical (unpaired) electrons. The third-order valence-electron chi connectivity index (χ3n) is 7.89. The highest BCUT2D eigenvalue weighted by Crippen LogP contribution is 2.41. The number of hydrogen-bond acceptors (Lipinski definition) is 6. The van der Waals surface area contributed by atoms with Crippen molar-refractivity contribution in [2.75, 3.05) is 29.3 Å². The van der Waals surface area contributed by atoms with Crippen LogP contribution in [0.1, 0.15) is 50.0 Å². The zero-order valence-corrected chi connectivity index (χ0v) is 25.3. The lowest BCUT2D eigenvalue weighted by atomic mass is 9.84. The fourth-order valence-electron chi connectivity index (χ4n) is 5.62. The third kappa shape index (κ3) is 7.53. The summed E-state index contributed by atoms with van der Waals surface area (Å²) in [7, 11) is -3.97. The van der Waals surface area contributed by atoms with E-state index in [1.54, 1.807) is 71.6 Å². The van der Waals surface area contributed by atoms with Gasteiger partial charge in [-0.3, -0.25) is 9.52 Å². The van der Waals surface area contributed by atoms with Crippen molar-refractivity contribution in [2.24, 2.45) is 0 Å². The maximum absolute atomic E-state index is 13.6.